The third kappa shape index (κ3) is 19.0. The van der Waals surface area contributed by atoms with E-state index in [1.165, 1.54) is 4.90 Å². The summed E-state index contributed by atoms with van der Waals surface area (Å²) >= 11 is 0. The second-order valence-corrected chi connectivity index (χ2v) is 14.7. The minimum absolute atomic E-state index is 0.00826. The van der Waals surface area contributed by atoms with Gasteiger partial charge in [-0.05, 0) is 88.9 Å². The van der Waals surface area contributed by atoms with E-state index in [1.54, 1.807) is 62.0 Å². The topological polar surface area (TPSA) is 251 Å². The summed E-state index contributed by atoms with van der Waals surface area (Å²) < 4.78 is 35.0. The highest BCUT2D eigenvalue weighted by atomic mass is 16.6. The Morgan fingerprint density at radius 3 is 2.20 bits per heavy atom. The maximum absolute atomic E-state index is 13.0. The predicted octanol–water partition coefficient (Wildman–Crippen LogP) is 4.92. The Hall–Kier alpha value is -5.79. The number of hydrogen-bond acceptors (Lipinski definition) is 13. The van der Waals surface area contributed by atoms with E-state index >= 15 is 0 Å². The first kappa shape index (κ1) is 49.6. The first-order chi connectivity index (χ1) is 29.2. The van der Waals surface area contributed by atoms with Crippen LogP contribution in [0.3, 0.4) is 0 Å². The van der Waals surface area contributed by atoms with E-state index in [4.69, 9.17) is 34.0 Å². The molecule has 1 atom stereocenters. The van der Waals surface area contributed by atoms with E-state index in [0.717, 1.165) is 5.56 Å². The van der Waals surface area contributed by atoms with Gasteiger partial charge in [0.2, 0.25) is 11.8 Å². The van der Waals surface area contributed by atoms with Gasteiger partial charge in [0.1, 0.15) is 23.7 Å². The molecule has 334 valence electrons. The van der Waals surface area contributed by atoms with Crippen LogP contribution < -0.4 is 20.3 Å². The number of ether oxygens (including phenoxy) is 6. The smallest absolute Gasteiger partial charge is 0.416 e. The van der Waals surface area contributed by atoms with Crippen molar-refractivity contribution in [3.05, 3.63) is 75.6 Å². The average Bonchev–Trinajstić information content (AvgIpc) is 3.49. The molecule has 0 bridgehead atoms. The fraction of sp³-hybridized carbons (Fsp3) is 0.561. The van der Waals surface area contributed by atoms with E-state index in [-0.39, 0.29) is 39.1 Å². The molecule has 3 rings (SSSR count). The number of carboxylic acid groups (broad SMARTS) is 1. The van der Waals surface area contributed by atoms with E-state index in [0.29, 0.717) is 87.1 Å². The van der Waals surface area contributed by atoms with Crippen molar-refractivity contribution >= 4 is 29.7 Å². The summed E-state index contributed by atoms with van der Waals surface area (Å²) in [5, 5.41) is 23.0. The van der Waals surface area contributed by atoms with Crippen molar-refractivity contribution < 1.29 is 52.7 Å². The number of pyridine rings is 1. The Balaban J connectivity index is 1.46. The Kier molecular flexibility index (Phi) is 21.5. The number of nitrogens with one attached hydrogen (secondary N) is 2. The van der Waals surface area contributed by atoms with Crippen LogP contribution >= 0.6 is 0 Å². The minimum atomic E-state index is -1.12. The Bertz CT molecular complexity index is 1910. The van der Waals surface area contributed by atoms with Crippen LogP contribution in [-0.2, 0) is 38.1 Å². The molecule has 0 spiro atoms. The van der Waals surface area contributed by atoms with Gasteiger partial charge in [-0.15, -0.1) is 0 Å². The second kappa shape index (κ2) is 26.4. The zero-order valence-electron chi connectivity index (χ0n) is 35.9. The van der Waals surface area contributed by atoms with Crippen LogP contribution in [0, 0.1) is 20.8 Å². The number of carbonyl (C=O) groups is 4. The second-order valence-electron chi connectivity index (χ2n) is 14.7. The number of rotatable bonds is 28. The molecule has 20 heteroatoms. The van der Waals surface area contributed by atoms with Crippen molar-refractivity contribution in [1.29, 1.82) is 0 Å². The number of carbonyl (C=O) groups excluding carboxylic acids is 3. The Labute approximate surface area is 355 Å². The fourth-order valence-corrected chi connectivity index (χ4v) is 5.70. The van der Waals surface area contributed by atoms with Gasteiger partial charge in [-0.3, -0.25) is 19.3 Å². The molecular weight excluding hydrogens is 795 g/mol. The fourth-order valence-electron chi connectivity index (χ4n) is 5.70. The highest BCUT2D eigenvalue weighted by molar-refractivity contribution is 5.87. The lowest BCUT2D eigenvalue weighted by molar-refractivity contribution is -0.138. The lowest BCUT2D eigenvalue weighted by Gasteiger charge is -2.27. The summed E-state index contributed by atoms with van der Waals surface area (Å²) in [7, 11) is 0. The molecule has 20 nitrogen and oxygen atoms in total. The summed E-state index contributed by atoms with van der Waals surface area (Å²) in [6.07, 6.45) is 0.864. The van der Waals surface area contributed by atoms with Crippen molar-refractivity contribution in [2.24, 2.45) is 5.11 Å². The highest BCUT2D eigenvalue weighted by Crippen LogP contribution is 2.27. The van der Waals surface area contributed by atoms with Crippen molar-refractivity contribution in [2.75, 3.05) is 84.0 Å². The SMILES string of the molecule is Cc1ccnc(N(CCCC(=O)NCC(=O)N[C@@H](CC(=O)O)c2cccc(-n3nc(C)c(OCCOCCOCCOCCOCCN=[N+]=[N-])c3C)c2)C(=O)OC(C)(C)C)c1. The number of aromatic nitrogens is 3. The molecular formula is C41H59N9O11. The molecule has 2 aromatic heterocycles. The Morgan fingerprint density at radius 1 is 0.918 bits per heavy atom. The molecule has 2 heterocycles. The third-order valence-corrected chi connectivity index (χ3v) is 8.47. The van der Waals surface area contributed by atoms with Crippen LogP contribution in [0.25, 0.3) is 16.1 Å². The standard InChI is InChI=1S/C41H59N9O11/c1-29-12-13-43-35(25-29)49(40(55)61-41(4,5)6)15-8-11-36(51)44-28-37(52)46-34(27-38(53)54)32-9-7-10-33(26-32)50-31(3)39(30(2)47-50)60-24-23-59-22-21-58-20-19-57-18-17-56-16-14-45-48-42/h7,9-10,12-13,25-26,34H,8,11,14-24,27-28H2,1-6H3,(H,44,51)(H,46,52)(H,53,54)/t34-/m0/s1. The van der Waals surface area contributed by atoms with Gasteiger partial charge in [0.05, 0.1) is 83.2 Å². The number of carboxylic acids is 1. The number of nitrogens with zero attached hydrogens (tertiary/aromatic N) is 7. The number of amides is 3. The predicted molar refractivity (Wildman–Crippen MR) is 224 cm³/mol. The van der Waals surface area contributed by atoms with E-state index in [2.05, 4.69) is 30.7 Å². The summed E-state index contributed by atoms with van der Waals surface area (Å²) in [6, 6.07) is 9.65. The molecule has 0 fully saturated rings. The number of benzene rings is 1. The van der Waals surface area contributed by atoms with Gasteiger partial charge in [0.15, 0.2) is 5.75 Å². The van der Waals surface area contributed by atoms with Crippen LogP contribution in [0.2, 0.25) is 0 Å². The van der Waals surface area contributed by atoms with Gasteiger partial charge in [-0.1, -0.05) is 17.2 Å². The van der Waals surface area contributed by atoms with Crippen molar-refractivity contribution in [3.63, 3.8) is 0 Å². The zero-order chi connectivity index (χ0) is 44.6. The highest BCUT2D eigenvalue weighted by Gasteiger charge is 2.25. The molecule has 61 heavy (non-hydrogen) atoms. The molecule has 0 saturated heterocycles. The summed E-state index contributed by atoms with van der Waals surface area (Å²) in [4.78, 5) is 58.9. The number of anilines is 1. The molecule has 0 saturated carbocycles. The van der Waals surface area contributed by atoms with Gasteiger partial charge in [0.25, 0.3) is 0 Å². The quantitative estimate of drug-likeness (QED) is 0.0380. The average molecular weight is 854 g/mol. The van der Waals surface area contributed by atoms with Crippen molar-refractivity contribution in [1.82, 2.24) is 25.4 Å². The zero-order valence-corrected chi connectivity index (χ0v) is 35.9. The summed E-state index contributed by atoms with van der Waals surface area (Å²) in [5.41, 5.74) is 10.9. The van der Waals surface area contributed by atoms with Crippen LogP contribution in [0.4, 0.5) is 10.6 Å². The molecule has 1 aromatic carbocycles. The molecule has 3 aromatic rings. The molecule has 3 N–H and O–H groups in total. The molecule has 0 radical (unpaired) electrons. The first-order valence-electron chi connectivity index (χ1n) is 20.0. The van der Waals surface area contributed by atoms with Crippen LogP contribution in [0.15, 0.2) is 47.7 Å². The lowest BCUT2D eigenvalue weighted by atomic mass is 10.0. The van der Waals surface area contributed by atoms with Crippen LogP contribution in [0.5, 0.6) is 5.75 Å². The van der Waals surface area contributed by atoms with Crippen molar-refractivity contribution in [3.8, 4) is 11.4 Å². The maximum Gasteiger partial charge on any atom is 0.416 e. The van der Waals surface area contributed by atoms with Gasteiger partial charge in [-0.2, -0.15) is 5.10 Å². The Morgan fingerprint density at radius 2 is 1.57 bits per heavy atom. The first-order valence-corrected chi connectivity index (χ1v) is 20.0. The van der Waals surface area contributed by atoms with E-state index < -0.39 is 41.9 Å². The molecule has 0 unspecified atom stereocenters. The van der Waals surface area contributed by atoms with Crippen LogP contribution in [-0.4, -0.2) is 128 Å². The van der Waals surface area contributed by atoms with Gasteiger partial charge >= 0.3 is 12.1 Å². The largest absolute Gasteiger partial charge is 0.487 e. The summed E-state index contributed by atoms with van der Waals surface area (Å²) in [5.74, 6) is -1.14. The third-order valence-electron chi connectivity index (χ3n) is 8.47. The maximum atomic E-state index is 13.0. The van der Waals surface area contributed by atoms with Gasteiger partial charge < -0.3 is 44.2 Å². The van der Waals surface area contributed by atoms with E-state index in [1.807, 2.05) is 26.8 Å². The summed E-state index contributed by atoms with van der Waals surface area (Å²) in [6.45, 7) is 14.2. The van der Waals surface area contributed by atoms with Crippen molar-refractivity contribution in [2.45, 2.75) is 72.4 Å². The minimum Gasteiger partial charge on any atom is -0.487 e. The lowest BCUT2D eigenvalue weighted by Crippen LogP contribution is -2.40. The molecule has 0 aliphatic carbocycles. The monoisotopic (exact) mass is 853 g/mol. The molecule has 3 amide bonds. The van der Waals surface area contributed by atoms with E-state index in [9.17, 15) is 24.3 Å². The molecule has 0 aliphatic rings. The van der Waals surface area contributed by atoms with Gasteiger partial charge in [-0.25, -0.2) is 14.5 Å². The number of hydrogen-bond donors (Lipinski definition) is 3. The van der Waals surface area contributed by atoms with Gasteiger partial charge in [0, 0.05) is 30.6 Å². The molecule has 0 aliphatic heterocycles. The normalized spacial score (nSPS) is 11.6. The number of aliphatic carboxylic acids is 1. The van der Waals surface area contributed by atoms with Crippen LogP contribution in [0.1, 0.15) is 68.6 Å². The number of aryl methyl sites for hydroxylation is 2. The number of azide groups is 1.